The lowest BCUT2D eigenvalue weighted by Gasteiger charge is -2.04. The summed E-state index contributed by atoms with van der Waals surface area (Å²) in [7, 11) is -4.09. The number of aryl methyl sites for hydroxylation is 2. The van der Waals surface area contributed by atoms with Crippen molar-refractivity contribution in [2.75, 3.05) is 0 Å². The van der Waals surface area contributed by atoms with Crippen molar-refractivity contribution in [1.82, 2.24) is 4.57 Å². The number of rotatable bonds is 5. The molecule has 1 aromatic heterocycles. The Morgan fingerprint density at radius 1 is 1.10 bits per heavy atom. The molecule has 1 heterocycles. The molecule has 30 heavy (non-hydrogen) atoms. The summed E-state index contributed by atoms with van der Waals surface area (Å²) in [6.45, 7) is 7.56. The van der Waals surface area contributed by atoms with Crippen LogP contribution in [-0.2, 0) is 16.4 Å². The molecule has 0 unspecified atom stereocenters. The molecule has 0 amide bonds. The largest absolute Gasteiger partial charge is 0.293 e. The molecule has 3 rings (SSSR count). The summed E-state index contributed by atoms with van der Waals surface area (Å²) < 4.78 is 28.0. The van der Waals surface area contributed by atoms with Gasteiger partial charge in [0.05, 0.1) is 9.43 Å². The van der Waals surface area contributed by atoms with Crippen LogP contribution in [0.25, 0.3) is 11.0 Å². The van der Waals surface area contributed by atoms with E-state index in [9.17, 15) is 18.5 Å². The van der Waals surface area contributed by atoms with Gasteiger partial charge in [-0.2, -0.15) is 5.26 Å². The minimum atomic E-state index is -4.09. The van der Waals surface area contributed by atoms with E-state index in [1.54, 1.807) is 18.2 Å². The van der Waals surface area contributed by atoms with Crippen molar-refractivity contribution in [3.63, 3.8) is 0 Å². The van der Waals surface area contributed by atoms with Crippen LogP contribution in [0.2, 0.25) is 0 Å². The second kappa shape index (κ2) is 8.66. The lowest BCUT2D eigenvalue weighted by atomic mass is 10.1. The van der Waals surface area contributed by atoms with Crippen LogP contribution >= 0.6 is 11.3 Å². The van der Waals surface area contributed by atoms with Crippen LogP contribution in [0, 0.1) is 25.2 Å². The molecular formula is C23H20N2O3S2. The minimum absolute atomic E-state index is 0.0136. The summed E-state index contributed by atoms with van der Waals surface area (Å²) in [5.41, 5.74) is 2.45. The van der Waals surface area contributed by atoms with E-state index in [1.165, 1.54) is 22.8 Å². The van der Waals surface area contributed by atoms with E-state index in [0.29, 0.717) is 4.53 Å². The van der Waals surface area contributed by atoms with E-state index in [0.717, 1.165) is 28.0 Å². The van der Waals surface area contributed by atoms with Crippen molar-refractivity contribution in [1.29, 1.82) is 5.26 Å². The monoisotopic (exact) mass is 436 g/mol. The minimum Gasteiger partial charge on any atom is -0.293 e. The quantitative estimate of drug-likeness (QED) is 0.576. The molecule has 0 bridgehead atoms. The van der Waals surface area contributed by atoms with Gasteiger partial charge in [0.1, 0.15) is 10.7 Å². The molecule has 152 valence electrons. The van der Waals surface area contributed by atoms with Gasteiger partial charge in [0.15, 0.2) is 4.91 Å². The molecule has 0 spiro atoms. The number of aromatic nitrogens is 1. The Labute approximate surface area is 179 Å². The second-order valence-corrected chi connectivity index (χ2v) is 9.71. The number of hydrogen-bond acceptors (Lipinski definition) is 5. The lowest BCUT2D eigenvalue weighted by Crippen LogP contribution is -2.32. The molecule has 0 saturated carbocycles. The molecule has 0 atom stereocenters. The fraction of sp³-hybridized carbons (Fsp3) is 0.130. The SMILES string of the molecule is C=CCn1c(=O)/c(=C\c2ccc(C)cc2)s/c1=C(/C#N)S(=O)(=O)c1ccc(C)cc1. The molecule has 0 N–H and O–H groups in total. The standard InChI is InChI=1S/C23H20N2O3S2/c1-4-13-25-22(26)20(14-18-9-5-16(2)6-10-18)29-23(25)21(15-24)30(27,28)19-11-7-17(3)8-12-19/h4-12,14H,1,13H2,2-3H3/b20-14+,23-21-. The Morgan fingerprint density at radius 2 is 1.67 bits per heavy atom. The third-order valence-corrected chi connectivity index (χ3v) is 7.46. The maximum atomic E-state index is 13.1. The Hall–Kier alpha value is -3.21. The third-order valence-electron chi connectivity index (χ3n) is 4.49. The molecule has 0 aliphatic heterocycles. The van der Waals surface area contributed by atoms with Gasteiger partial charge in [-0.1, -0.05) is 53.6 Å². The second-order valence-electron chi connectivity index (χ2n) is 6.79. The summed E-state index contributed by atoms with van der Waals surface area (Å²) in [5.74, 6) is 0. The van der Waals surface area contributed by atoms with Crippen LogP contribution in [0.5, 0.6) is 0 Å². The van der Waals surface area contributed by atoms with Crippen LogP contribution < -0.4 is 14.8 Å². The fourth-order valence-corrected chi connectivity index (χ4v) is 5.51. The molecule has 0 aliphatic rings. The Morgan fingerprint density at radius 3 is 2.20 bits per heavy atom. The van der Waals surface area contributed by atoms with Gasteiger partial charge in [-0.05, 0) is 37.6 Å². The molecule has 0 radical (unpaired) electrons. The predicted molar refractivity (Wildman–Crippen MR) is 120 cm³/mol. The summed E-state index contributed by atoms with van der Waals surface area (Å²) in [5, 5.41) is 9.73. The van der Waals surface area contributed by atoms with Gasteiger partial charge in [0, 0.05) is 6.54 Å². The van der Waals surface area contributed by atoms with Crippen molar-refractivity contribution in [3.8, 4) is 6.07 Å². The summed E-state index contributed by atoms with van der Waals surface area (Å²) >= 11 is 0.991. The van der Waals surface area contributed by atoms with E-state index in [1.807, 2.05) is 44.2 Å². The lowest BCUT2D eigenvalue weighted by molar-refractivity contribution is 0.605. The zero-order valence-corrected chi connectivity index (χ0v) is 18.3. The Kier molecular flexibility index (Phi) is 6.20. The molecule has 5 nitrogen and oxygen atoms in total. The number of sulfone groups is 1. The van der Waals surface area contributed by atoms with Crippen LogP contribution in [0.1, 0.15) is 16.7 Å². The Balaban J connectivity index is 2.34. The smallest absolute Gasteiger partial charge is 0.269 e. The van der Waals surface area contributed by atoms with Crippen molar-refractivity contribution in [2.45, 2.75) is 25.3 Å². The molecule has 0 fully saturated rings. The highest BCUT2D eigenvalue weighted by molar-refractivity contribution is 8.00. The first-order valence-corrected chi connectivity index (χ1v) is 11.4. The third kappa shape index (κ3) is 4.20. The van der Waals surface area contributed by atoms with Crippen LogP contribution in [0.15, 0.2) is 70.9 Å². The highest BCUT2D eigenvalue weighted by Crippen LogP contribution is 2.19. The average molecular weight is 437 g/mol. The maximum absolute atomic E-state index is 13.1. The summed E-state index contributed by atoms with van der Waals surface area (Å²) in [4.78, 5) is 12.5. The summed E-state index contributed by atoms with van der Waals surface area (Å²) in [6.07, 6.45) is 3.20. The molecule has 0 saturated heterocycles. The van der Waals surface area contributed by atoms with Crippen LogP contribution in [0.3, 0.4) is 0 Å². The highest BCUT2D eigenvalue weighted by Gasteiger charge is 2.24. The van der Waals surface area contributed by atoms with Gasteiger partial charge >= 0.3 is 0 Å². The number of hydrogen-bond donors (Lipinski definition) is 0. The molecular weight excluding hydrogens is 416 g/mol. The number of thiazole rings is 1. The first-order valence-electron chi connectivity index (χ1n) is 9.13. The molecule has 3 aromatic rings. The zero-order chi connectivity index (χ0) is 21.9. The fourth-order valence-electron chi connectivity index (χ4n) is 2.86. The van der Waals surface area contributed by atoms with Gasteiger partial charge in [0.25, 0.3) is 5.56 Å². The van der Waals surface area contributed by atoms with Crippen molar-refractivity contribution in [2.24, 2.45) is 0 Å². The number of nitriles is 1. The number of benzene rings is 2. The molecule has 0 aliphatic carbocycles. The topological polar surface area (TPSA) is 79.9 Å². The van der Waals surface area contributed by atoms with Gasteiger partial charge in [-0.15, -0.1) is 17.9 Å². The van der Waals surface area contributed by atoms with E-state index >= 15 is 0 Å². The normalized spacial score (nSPS) is 13.0. The average Bonchev–Trinajstić information content (AvgIpc) is 3.00. The van der Waals surface area contributed by atoms with E-state index in [-0.39, 0.29) is 21.7 Å². The summed E-state index contributed by atoms with van der Waals surface area (Å²) in [6, 6.07) is 15.7. The van der Waals surface area contributed by atoms with E-state index < -0.39 is 14.7 Å². The first-order chi connectivity index (χ1) is 14.3. The van der Waals surface area contributed by atoms with Gasteiger partial charge < -0.3 is 0 Å². The molecule has 7 heteroatoms. The number of allylic oxidation sites excluding steroid dienone is 1. The van der Waals surface area contributed by atoms with Gasteiger partial charge in [-0.25, -0.2) is 8.42 Å². The van der Waals surface area contributed by atoms with Gasteiger partial charge in [0.2, 0.25) is 9.84 Å². The van der Waals surface area contributed by atoms with Gasteiger partial charge in [-0.3, -0.25) is 9.36 Å². The number of nitrogens with zero attached hydrogens (tertiary/aromatic N) is 2. The van der Waals surface area contributed by atoms with E-state index in [2.05, 4.69) is 6.58 Å². The van der Waals surface area contributed by atoms with Crippen LogP contribution in [-0.4, -0.2) is 13.0 Å². The van der Waals surface area contributed by atoms with Crippen molar-refractivity contribution < 1.29 is 8.42 Å². The van der Waals surface area contributed by atoms with Crippen molar-refractivity contribution in [3.05, 3.63) is 97.4 Å². The Bertz CT molecular complexity index is 1420. The van der Waals surface area contributed by atoms with Crippen LogP contribution in [0.4, 0.5) is 0 Å². The first kappa shape index (κ1) is 21.5. The van der Waals surface area contributed by atoms with E-state index in [4.69, 9.17) is 0 Å². The predicted octanol–water partition coefficient (Wildman–Crippen LogP) is 2.65. The zero-order valence-electron chi connectivity index (χ0n) is 16.6. The van der Waals surface area contributed by atoms with Crippen molar-refractivity contribution >= 4 is 32.2 Å². The molecule has 2 aromatic carbocycles. The maximum Gasteiger partial charge on any atom is 0.269 e. The highest BCUT2D eigenvalue weighted by atomic mass is 32.2.